The van der Waals surface area contributed by atoms with Crippen molar-refractivity contribution in [2.75, 3.05) is 7.11 Å². The lowest BCUT2D eigenvalue weighted by Crippen LogP contribution is -2.02. The zero-order valence-corrected chi connectivity index (χ0v) is 11.7. The number of hydrogen-bond acceptors (Lipinski definition) is 3. The van der Waals surface area contributed by atoms with E-state index in [4.69, 9.17) is 16.3 Å². The van der Waals surface area contributed by atoms with Crippen LogP contribution in [0.3, 0.4) is 0 Å². The van der Waals surface area contributed by atoms with Gasteiger partial charge < -0.3 is 9.84 Å². The van der Waals surface area contributed by atoms with Crippen LogP contribution in [0.25, 0.3) is 0 Å². The van der Waals surface area contributed by atoms with Gasteiger partial charge in [-0.2, -0.15) is 11.3 Å². The molecule has 1 heterocycles. The Bertz CT molecular complexity index is 497. The summed E-state index contributed by atoms with van der Waals surface area (Å²) < 4.78 is 5.24. The van der Waals surface area contributed by atoms with Crippen LogP contribution in [0.15, 0.2) is 35.0 Å². The molecule has 96 valence electrons. The van der Waals surface area contributed by atoms with E-state index >= 15 is 0 Å². The van der Waals surface area contributed by atoms with Gasteiger partial charge in [-0.1, -0.05) is 11.6 Å². The summed E-state index contributed by atoms with van der Waals surface area (Å²) in [5.74, 6) is 0.678. The molecule has 2 rings (SSSR count). The summed E-state index contributed by atoms with van der Waals surface area (Å²) in [5, 5.41) is 15.0. The van der Waals surface area contributed by atoms with Gasteiger partial charge in [-0.3, -0.25) is 0 Å². The third-order valence-corrected chi connectivity index (χ3v) is 3.80. The molecule has 1 aromatic heterocycles. The SMILES string of the molecule is COc1ccc(Cl)cc1C(O)CCc1ccsc1. The van der Waals surface area contributed by atoms with Crippen LogP contribution in [0, 0.1) is 0 Å². The van der Waals surface area contributed by atoms with Gasteiger partial charge in [0.1, 0.15) is 5.75 Å². The summed E-state index contributed by atoms with van der Waals surface area (Å²) in [5.41, 5.74) is 2.00. The van der Waals surface area contributed by atoms with E-state index in [1.165, 1.54) is 5.56 Å². The molecule has 2 nitrogen and oxygen atoms in total. The maximum absolute atomic E-state index is 10.2. The number of aryl methyl sites for hydroxylation is 1. The molecule has 0 aliphatic carbocycles. The van der Waals surface area contributed by atoms with Gasteiger partial charge in [-0.15, -0.1) is 0 Å². The molecule has 0 radical (unpaired) electrons. The monoisotopic (exact) mass is 282 g/mol. The summed E-state index contributed by atoms with van der Waals surface area (Å²) in [4.78, 5) is 0. The summed E-state index contributed by atoms with van der Waals surface area (Å²) >= 11 is 7.62. The normalized spacial score (nSPS) is 12.4. The largest absolute Gasteiger partial charge is 0.496 e. The first-order valence-corrected chi connectivity index (χ1v) is 7.05. The van der Waals surface area contributed by atoms with E-state index in [-0.39, 0.29) is 0 Å². The first-order chi connectivity index (χ1) is 8.70. The van der Waals surface area contributed by atoms with Crippen molar-refractivity contribution in [3.05, 3.63) is 51.2 Å². The van der Waals surface area contributed by atoms with Crippen LogP contribution in [0.4, 0.5) is 0 Å². The summed E-state index contributed by atoms with van der Waals surface area (Å²) in [6, 6.07) is 7.38. The average Bonchev–Trinajstić information content (AvgIpc) is 2.89. The Balaban J connectivity index is 2.08. The van der Waals surface area contributed by atoms with Gasteiger partial charge in [0.2, 0.25) is 0 Å². The molecule has 4 heteroatoms. The molecule has 2 aromatic rings. The molecule has 0 bridgehead atoms. The lowest BCUT2D eigenvalue weighted by atomic mass is 10.0. The van der Waals surface area contributed by atoms with Crippen molar-refractivity contribution in [2.45, 2.75) is 18.9 Å². The highest BCUT2D eigenvalue weighted by Gasteiger charge is 2.14. The molecule has 18 heavy (non-hydrogen) atoms. The number of aliphatic hydroxyl groups excluding tert-OH is 1. The van der Waals surface area contributed by atoms with Gasteiger partial charge in [0.05, 0.1) is 13.2 Å². The smallest absolute Gasteiger partial charge is 0.124 e. The van der Waals surface area contributed by atoms with Gasteiger partial charge in [-0.25, -0.2) is 0 Å². The predicted octanol–water partition coefficient (Wildman–Crippen LogP) is 4.08. The topological polar surface area (TPSA) is 29.5 Å². The fourth-order valence-corrected chi connectivity index (χ4v) is 2.74. The number of ether oxygens (including phenoxy) is 1. The van der Waals surface area contributed by atoms with Crippen LogP contribution in [0.1, 0.15) is 23.7 Å². The average molecular weight is 283 g/mol. The zero-order chi connectivity index (χ0) is 13.0. The van der Waals surface area contributed by atoms with Crippen LogP contribution in [-0.2, 0) is 6.42 Å². The lowest BCUT2D eigenvalue weighted by Gasteiger charge is -2.14. The van der Waals surface area contributed by atoms with E-state index in [1.54, 1.807) is 36.6 Å². The van der Waals surface area contributed by atoms with Crippen molar-refractivity contribution in [3.8, 4) is 5.75 Å². The standard InChI is InChI=1S/C14H15ClO2S/c1-17-14-5-3-11(15)8-12(14)13(16)4-2-10-6-7-18-9-10/h3,5-9,13,16H,2,4H2,1H3. The highest BCUT2D eigenvalue weighted by molar-refractivity contribution is 7.07. The molecule has 1 unspecified atom stereocenters. The minimum atomic E-state index is -0.557. The first-order valence-electron chi connectivity index (χ1n) is 5.73. The van der Waals surface area contributed by atoms with Gasteiger partial charge in [0.15, 0.2) is 0 Å². The fraction of sp³-hybridized carbons (Fsp3) is 0.286. The highest BCUT2D eigenvalue weighted by Crippen LogP contribution is 2.30. The van der Waals surface area contributed by atoms with E-state index in [0.717, 1.165) is 12.0 Å². The Kier molecular flexibility index (Phi) is 4.64. The maximum Gasteiger partial charge on any atom is 0.124 e. The van der Waals surface area contributed by atoms with Crippen molar-refractivity contribution >= 4 is 22.9 Å². The Morgan fingerprint density at radius 2 is 2.22 bits per heavy atom. The van der Waals surface area contributed by atoms with Crippen molar-refractivity contribution in [3.63, 3.8) is 0 Å². The van der Waals surface area contributed by atoms with Gasteiger partial charge >= 0.3 is 0 Å². The summed E-state index contributed by atoms with van der Waals surface area (Å²) in [6.45, 7) is 0. The number of thiophene rings is 1. The van der Waals surface area contributed by atoms with Crippen molar-refractivity contribution < 1.29 is 9.84 Å². The van der Waals surface area contributed by atoms with Crippen LogP contribution in [0.5, 0.6) is 5.75 Å². The Morgan fingerprint density at radius 3 is 2.89 bits per heavy atom. The van der Waals surface area contributed by atoms with E-state index in [1.807, 2.05) is 5.38 Å². The number of rotatable bonds is 5. The fourth-order valence-electron chi connectivity index (χ4n) is 1.86. The molecule has 1 atom stereocenters. The molecule has 0 aliphatic rings. The quantitative estimate of drug-likeness (QED) is 0.895. The molecular weight excluding hydrogens is 268 g/mol. The third-order valence-electron chi connectivity index (χ3n) is 2.84. The van der Waals surface area contributed by atoms with E-state index < -0.39 is 6.10 Å². The number of hydrogen-bond donors (Lipinski definition) is 1. The Hall–Kier alpha value is -1.03. The van der Waals surface area contributed by atoms with Gasteiger partial charge in [0.25, 0.3) is 0 Å². The summed E-state index contributed by atoms with van der Waals surface area (Å²) in [7, 11) is 1.60. The second kappa shape index (κ2) is 6.23. The molecule has 0 saturated heterocycles. The number of benzene rings is 1. The first kappa shape index (κ1) is 13.4. The van der Waals surface area contributed by atoms with Gasteiger partial charge in [-0.05, 0) is 53.4 Å². The van der Waals surface area contributed by atoms with Crippen LogP contribution < -0.4 is 4.74 Å². The molecule has 0 aliphatic heterocycles. The summed E-state index contributed by atoms with van der Waals surface area (Å²) in [6.07, 6.45) is 0.951. The molecule has 0 amide bonds. The van der Waals surface area contributed by atoms with E-state index in [9.17, 15) is 5.11 Å². The Labute approximate surface area is 116 Å². The molecule has 0 fully saturated rings. The van der Waals surface area contributed by atoms with Crippen molar-refractivity contribution in [1.29, 1.82) is 0 Å². The second-order valence-corrected chi connectivity index (χ2v) is 5.29. The lowest BCUT2D eigenvalue weighted by molar-refractivity contribution is 0.163. The maximum atomic E-state index is 10.2. The van der Waals surface area contributed by atoms with Crippen LogP contribution in [-0.4, -0.2) is 12.2 Å². The third kappa shape index (κ3) is 3.25. The molecule has 1 aromatic carbocycles. The molecule has 0 saturated carbocycles. The van der Waals surface area contributed by atoms with Crippen molar-refractivity contribution in [2.24, 2.45) is 0 Å². The predicted molar refractivity (Wildman–Crippen MR) is 75.6 cm³/mol. The van der Waals surface area contributed by atoms with Crippen molar-refractivity contribution in [1.82, 2.24) is 0 Å². The van der Waals surface area contributed by atoms with Gasteiger partial charge in [0, 0.05) is 10.6 Å². The number of methoxy groups -OCH3 is 1. The molecular formula is C14H15ClO2S. The Morgan fingerprint density at radius 1 is 1.39 bits per heavy atom. The zero-order valence-electron chi connectivity index (χ0n) is 10.1. The van der Waals surface area contributed by atoms with Crippen LogP contribution in [0.2, 0.25) is 5.02 Å². The number of halogens is 1. The van der Waals surface area contributed by atoms with E-state index in [2.05, 4.69) is 11.4 Å². The second-order valence-electron chi connectivity index (χ2n) is 4.07. The molecule has 0 spiro atoms. The highest BCUT2D eigenvalue weighted by atomic mass is 35.5. The van der Waals surface area contributed by atoms with E-state index in [0.29, 0.717) is 17.2 Å². The minimum Gasteiger partial charge on any atom is -0.496 e. The molecule has 1 N–H and O–H groups in total. The number of aliphatic hydroxyl groups is 1. The minimum absolute atomic E-state index is 0.557. The van der Waals surface area contributed by atoms with Crippen LogP contribution >= 0.6 is 22.9 Å².